The molecular weight excluding hydrogens is 282 g/mol. The van der Waals surface area contributed by atoms with Gasteiger partial charge in [-0.15, -0.1) is 5.10 Å². The van der Waals surface area contributed by atoms with Crippen molar-refractivity contribution in [3.8, 4) is 5.75 Å². The molecule has 0 bridgehead atoms. The van der Waals surface area contributed by atoms with Crippen molar-refractivity contribution in [2.24, 2.45) is 0 Å². The Morgan fingerprint density at radius 3 is 2.76 bits per heavy atom. The van der Waals surface area contributed by atoms with E-state index in [0.29, 0.717) is 12.5 Å². The Kier molecular flexibility index (Phi) is 5.70. The van der Waals surface area contributed by atoms with E-state index in [1.807, 2.05) is 19.1 Å². The zero-order valence-corrected chi connectivity index (χ0v) is 13.9. The van der Waals surface area contributed by atoms with Crippen LogP contribution in [0.15, 0.2) is 24.3 Å². The van der Waals surface area contributed by atoms with E-state index in [9.17, 15) is 0 Å². The van der Waals surface area contributed by atoms with E-state index in [4.69, 9.17) is 4.74 Å². The lowest BCUT2D eigenvalue weighted by Gasteiger charge is -2.19. The highest BCUT2D eigenvalue weighted by molar-refractivity contribution is 7.05. The number of nitrogens with one attached hydrogen (secondary N) is 1. The molecule has 0 saturated heterocycles. The van der Waals surface area contributed by atoms with Crippen molar-refractivity contribution in [3.05, 3.63) is 40.4 Å². The van der Waals surface area contributed by atoms with Gasteiger partial charge in [0.2, 0.25) is 0 Å². The number of nitrogens with zero attached hydrogens (tertiary/aromatic N) is 2. The maximum absolute atomic E-state index is 5.61. The number of aromatic nitrogens is 2. The van der Waals surface area contributed by atoms with E-state index in [1.165, 1.54) is 22.0 Å². The molecule has 5 heteroatoms. The number of hydrogen-bond acceptors (Lipinski definition) is 5. The van der Waals surface area contributed by atoms with Crippen molar-refractivity contribution < 1.29 is 4.74 Å². The Bertz CT molecular complexity index is 568. The molecule has 4 nitrogen and oxygen atoms in total. The van der Waals surface area contributed by atoms with E-state index in [0.717, 1.165) is 18.0 Å². The SMILES string of the molecule is CCNC(c1cccc(OCC)c1)c1snnc1C(C)C. The Labute approximate surface area is 130 Å². The first-order valence-corrected chi connectivity index (χ1v) is 8.23. The van der Waals surface area contributed by atoms with Gasteiger partial charge in [-0.1, -0.05) is 37.4 Å². The van der Waals surface area contributed by atoms with Gasteiger partial charge >= 0.3 is 0 Å². The molecule has 2 rings (SSSR count). The van der Waals surface area contributed by atoms with Crippen molar-refractivity contribution in [1.29, 1.82) is 0 Å². The normalized spacial score (nSPS) is 12.6. The fourth-order valence-electron chi connectivity index (χ4n) is 2.32. The quantitative estimate of drug-likeness (QED) is 0.846. The molecule has 0 amide bonds. The summed E-state index contributed by atoms with van der Waals surface area (Å²) in [5.41, 5.74) is 2.27. The zero-order chi connectivity index (χ0) is 15.2. The summed E-state index contributed by atoms with van der Waals surface area (Å²) >= 11 is 1.48. The first-order valence-electron chi connectivity index (χ1n) is 7.45. The Hall–Kier alpha value is -1.46. The second-order valence-electron chi connectivity index (χ2n) is 5.17. The smallest absolute Gasteiger partial charge is 0.119 e. The van der Waals surface area contributed by atoms with Gasteiger partial charge in [-0.05, 0) is 48.6 Å². The van der Waals surface area contributed by atoms with Gasteiger partial charge in [-0.3, -0.25) is 0 Å². The number of hydrogen-bond donors (Lipinski definition) is 1. The van der Waals surface area contributed by atoms with Gasteiger partial charge in [0.1, 0.15) is 5.75 Å². The average Bonchev–Trinajstić information content (AvgIpc) is 2.94. The van der Waals surface area contributed by atoms with Crippen molar-refractivity contribution >= 4 is 11.5 Å². The zero-order valence-electron chi connectivity index (χ0n) is 13.1. The maximum atomic E-state index is 5.61. The van der Waals surface area contributed by atoms with Crippen LogP contribution >= 0.6 is 11.5 Å². The highest BCUT2D eigenvalue weighted by Gasteiger charge is 2.22. The van der Waals surface area contributed by atoms with Crippen LogP contribution in [0.1, 0.15) is 55.8 Å². The van der Waals surface area contributed by atoms with Crippen molar-refractivity contribution in [3.63, 3.8) is 0 Å². The minimum atomic E-state index is 0.118. The Morgan fingerprint density at radius 2 is 2.10 bits per heavy atom. The molecule has 1 N–H and O–H groups in total. The second-order valence-corrected chi connectivity index (χ2v) is 5.96. The van der Waals surface area contributed by atoms with Crippen LogP contribution in [0, 0.1) is 0 Å². The maximum Gasteiger partial charge on any atom is 0.119 e. The highest BCUT2D eigenvalue weighted by atomic mass is 32.1. The van der Waals surface area contributed by atoms with Crippen LogP contribution in [0.5, 0.6) is 5.75 Å². The summed E-state index contributed by atoms with van der Waals surface area (Å²) in [6.07, 6.45) is 0. The molecule has 114 valence electrons. The molecule has 1 unspecified atom stereocenters. The molecule has 0 spiro atoms. The number of benzene rings is 1. The molecule has 1 aromatic heterocycles. The molecule has 1 heterocycles. The Morgan fingerprint density at radius 1 is 1.29 bits per heavy atom. The summed E-state index contributed by atoms with van der Waals surface area (Å²) in [5.74, 6) is 1.27. The molecule has 1 aromatic carbocycles. The van der Waals surface area contributed by atoms with E-state index in [-0.39, 0.29) is 6.04 Å². The van der Waals surface area contributed by atoms with Crippen LogP contribution in [-0.2, 0) is 0 Å². The van der Waals surface area contributed by atoms with Gasteiger partial charge in [0.15, 0.2) is 0 Å². The third-order valence-electron chi connectivity index (χ3n) is 3.26. The fourth-order valence-corrected chi connectivity index (χ4v) is 3.23. The minimum absolute atomic E-state index is 0.118. The van der Waals surface area contributed by atoms with Gasteiger partial charge in [0.05, 0.1) is 23.2 Å². The standard InChI is InChI=1S/C16H23N3OS/c1-5-17-15(16-14(11(3)4)18-19-21-16)12-8-7-9-13(10-12)20-6-2/h7-11,15,17H,5-6H2,1-4H3. The van der Waals surface area contributed by atoms with Crippen molar-refractivity contribution in [2.45, 2.75) is 39.7 Å². The minimum Gasteiger partial charge on any atom is -0.494 e. The van der Waals surface area contributed by atoms with Gasteiger partial charge in [0.25, 0.3) is 0 Å². The van der Waals surface area contributed by atoms with Crippen LogP contribution in [-0.4, -0.2) is 22.7 Å². The van der Waals surface area contributed by atoms with Crippen molar-refractivity contribution in [1.82, 2.24) is 14.9 Å². The Balaban J connectivity index is 2.38. The molecule has 0 saturated carbocycles. The fraction of sp³-hybridized carbons (Fsp3) is 0.500. The van der Waals surface area contributed by atoms with Gasteiger partial charge in [-0.25, -0.2) is 0 Å². The van der Waals surface area contributed by atoms with Gasteiger partial charge in [-0.2, -0.15) is 0 Å². The van der Waals surface area contributed by atoms with E-state index in [1.54, 1.807) is 0 Å². The summed E-state index contributed by atoms with van der Waals surface area (Å²) in [7, 11) is 0. The predicted molar refractivity (Wildman–Crippen MR) is 87.1 cm³/mol. The average molecular weight is 305 g/mol. The molecule has 2 aromatic rings. The monoisotopic (exact) mass is 305 g/mol. The first kappa shape index (κ1) is 15.9. The van der Waals surface area contributed by atoms with Gasteiger partial charge < -0.3 is 10.1 Å². The summed E-state index contributed by atoms with van der Waals surface area (Å²) in [5, 5.41) is 7.84. The molecule has 0 radical (unpaired) electrons. The number of rotatable bonds is 7. The van der Waals surface area contributed by atoms with E-state index >= 15 is 0 Å². The van der Waals surface area contributed by atoms with Crippen molar-refractivity contribution in [2.75, 3.05) is 13.2 Å². The number of ether oxygens (including phenoxy) is 1. The lowest BCUT2D eigenvalue weighted by atomic mass is 10.00. The molecule has 0 aliphatic rings. The third kappa shape index (κ3) is 3.80. The molecule has 21 heavy (non-hydrogen) atoms. The van der Waals surface area contributed by atoms with Crippen LogP contribution in [0.25, 0.3) is 0 Å². The van der Waals surface area contributed by atoms with Crippen LogP contribution in [0.3, 0.4) is 0 Å². The van der Waals surface area contributed by atoms with Crippen LogP contribution in [0.2, 0.25) is 0 Å². The molecule has 0 fully saturated rings. The molecule has 1 atom stereocenters. The van der Waals surface area contributed by atoms with Crippen LogP contribution in [0.4, 0.5) is 0 Å². The summed E-state index contributed by atoms with van der Waals surface area (Å²) in [4.78, 5) is 1.19. The highest BCUT2D eigenvalue weighted by Crippen LogP contribution is 2.32. The van der Waals surface area contributed by atoms with E-state index in [2.05, 4.69) is 47.8 Å². The predicted octanol–water partition coefficient (Wildman–Crippen LogP) is 3.76. The topological polar surface area (TPSA) is 47.0 Å². The third-order valence-corrected chi connectivity index (χ3v) is 4.06. The second kappa shape index (κ2) is 7.52. The first-order chi connectivity index (χ1) is 10.2. The molecular formula is C16H23N3OS. The molecule has 0 aliphatic heterocycles. The summed E-state index contributed by atoms with van der Waals surface area (Å²) < 4.78 is 9.77. The lowest BCUT2D eigenvalue weighted by Crippen LogP contribution is -2.22. The largest absolute Gasteiger partial charge is 0.494 e. The van der Waals surface area contributed by atoms with Gasteiger partial charge in [0, 0.05) is 0 Å². The summed E-state index contributed by atoms with van der Waals surface area (Å²) in [6.45, 7) is 9.98. The summed E-state index contributed by atoms with van der Waals surface area (Å²) in [6, 6.07) is 8.37. The molecule has 0 aliphatic carbocycles. The van der Waals surface area contributed by atoms with E-state index < -0.39 is 0 Å². The van der Waals surface area contributed by atoms with Crippen LogP contribution < -0.4 is 10.1 Å². The lowest BCUT2D eigenvalue weighted by molar-refractivity contribution is 0.339.